The highest BCUT2D eigenvalue weighted by molar-refractivity contribution is 5.94. The van der Waals surface area contributed by atoms with E-state index < -0.39 is 4.92 Å². The number of anilines is 2. The summed E-state index contributed by atoms with van der Waals surface area (Å²) in [7, 11) is 0. The number of hydroxylamine groups is 1. The minimum Gasteiger partial charge on any atom is -0.438 e. The van der Waals surface area contributed by atoms with Gasteiger partial charge in [-0.3, -0.25) is 19.7 Å². The van der Waals surface area contributed by atoms with Crippen molar-refractivity contribution in [2.45, 2.75) is 64.6 Å². The number of benzene rings is 2. The number of ether oxygens (including phenoxy) is 2. The van der Waals surface area contributed by atoms with E-state index in [0.29, 0.717) is 36.4 Å². The standard InChI is InChI=1S/C30H36N6O7/c1-21-20-32-30(34-29(21)42-25-10-8-9-24(19-25)36(39)40)33-23-15-13-22(14-16-23)28(38)31-17-6-3-2-4-11-26(37)35-43-27-12-5-7-18-41-27/h8-10,13-16,19-20,27H,2-7,11-12,17-18H2,1H3,(H,31,38)(H,35,37)(H,32,33,34). The van der Waals surface area contributed by atoms with Crippen LogP contribution < -0.4 is 20.9 Å². The molecule has 13 heteroatoms. The molecule has 1 fully saturated rings. The first-order chi connectivity index (χ1) is 20.9. The van der Waals surface area contributed by atoms with Crippen molar-refractivity contribution in [2.75, 3.05) is 18.5 Å². The molecule has 3 aromatic rings. The molecule has 228 valence electrons. The number of rotatable bonds is 15. The van der Waals surface area contributed by atoms with Gasteiger partial charge in [-0.25, -0.2) is 15.3 Å². The third kappa shape index (κ3) is 10.3. The predicted molar refractivity (Wildman–Crippen MR) is 158 cm³/mol. The average Bonchev–Trinajstić information content (AvgIpc) is 3.02. The monoisotopic (exact) mass is 592 g/mol. The Labute approximate surface area is 249 Å². The molecule has 1 atom stereocenters. The Hall–Kier alpha value is -4.62. The molecule has 0 aliphatic carbocycles. The molecule has 0 radical (unpaired) electrons. The van der Waals surface area contributed by atoms with Crippen LogP contribution in [-0.4, -0.2) is 46.1 Å². The van der Waals surface area contributed by atoms with E-state index in [1.165, 1.54) is 18.2 Å². The highest BCUT2D eigenvalue weighted by atomic mass is 16.8. The van der Waals surface area contributed by atoms with Crippen molar-refractivity contribution >= 4 is 29.1 Å². The summed E-state index contributed by atoms with van der Waals surface area (Å²) in [6.07, 6.45) is 7.81. The Morgan fingerprint density at radius 2 is 1.91 bits per heavy atom. The highest BCUT2D eigenvalue weighted by Crippen LogP contribution is 2.27. The third-order valence-electron chi connectivity index (χ3n) is 6.63. The van der Waals surface area contributed by atoms with E-state index >= 15 is 0 Å². The number of carbonyl (C=O) groups excluding carboxylic acids is 2. The van der Waals surface area contributed by atoms with E-state index in [9.17, 15) is 19.7 Å². The number of nitrogens with zero attached hydrogens (tertiary/aromatic N) is 3. The normalized spacial score (nSPS) is 14.5. The number of aromatic nitrogens is 2. The molecule has 0 bridgehead atoms. The maximum absolute atomic E-state index is 12.5. The first-order valence-electron chi connectivity index (χ1n) is 14.3. The first kappa shape index (κ1) is 31.3. The number of hydrogen-bond donors (Lipinski definition) is 3. The Morgan fingerprint density at radius 3 is 2.67 bits per heavy atom. The average molecular weight is 593 g/mol. The molecule has 2 amide bonds. The first-order valence-corrected chi connectivity index (χ1v) is 14.3. The number of carbonyl (C=O) groups is 2. The van der Waals surface area contributed by atoms with Crippen LogP contribution in [0.2, 0.25) is 0 Å². The van der Waals surface area contributed by atoms with Gasteiger partial charge in [-0.15, -0.1) is 0 Å². The summed E-state index contributed by atoms with van der Waals surface area (Å²) in [4.78, 5) is 48.9. The second-order valence-electron chi connectivity index (χ2n) is 10.1. The van der Waals surface area contributed by atoms with Crippen LogP contribution in [0.5, 0.6) is 11.6 Å². The lowest BCUT2D eigenvalue weighted by atomic mass is 10.1. The Balaban J connectivity index is 1.14. The summed E-state index contributed by atoms with van der Waals surface area (Å²) in [6, 6.07) is 12.7. The molecule has 0 spiro atoms. The summed E-state index contributed by atoms with van der Waals surface area (Å²) in [5.41, 5.74) is 4.23. The fourth-order valence-electron chi connectivity index (χ4n) is 4.25. The number of amides is 2. The lowest BCUT2D eigenvalue weighted by molar-refractivity contribution is -0.384. The smallest absolute Gasteiger partial charge is 0.273 e. The molecule has 0 saturated carbocycles. The maximum atomic E-state index is 12.5. The van der Waals surface area contributed by atoms with Gasteiger partial charge >= 0.3 is 0 Å². The van der Waals surface area contributed by atoms with Crippen molar-refractivity contribution in [2.24, 2.45) is 0 Å². The lowest BCUT2D eigenvalue weighted by Gasteiger charge is -2.22. The number of nitro groups is 1. The zero-order valence-corrected chi connectivity index (χ0v) is 24.0. The van der Waals surface area contributed by atoms with Crippen molar-refractivity contribution in [1.82, 2.24) is 20.8 Å². The molecule has 13 nitrogen and oxygen atoms in total. The SMILES string of the molecule is Cc1cnc(Nc2ccc(C(=O)NCCCCCCC(=O)NOC3CCCCO3)cc2)nc1Oc1cccc([N+](=O)[O-])c1. The Morgan fingerprint density at radius 1 is 1.09 bits per heavy atom. The van der Waals surface area contributed by atoms with Gasteiger partial charge in [-0.2, -0.15) is 4.98 Å². The van der Waals surface area contributed by atoms with Crippen LogP contribution in [0.1, 0.15) is 67.3 Å². The van der Waals surface area contributed by atoms with E-state index in [1.54, 1.807) is 43.5 Å². The van der Waals surface area contributed by atoms with E-state index in [2.05, 4.69) is 26.1 Å². The van der Waals surface area contributed by atoms with Crippen LogP contribution in [0, 0.1) is 17.0 Å². The molecule has 2 aromatic carbocycles. The highest BCUT2D eigenvalue weighted by Gasteiger charge is 2.16. The summed E-state index contributed by atoms with van der Waals surface area (Å²) < 4.78 is 11.2. The van der Waals surface area contributed by atoms with Crippen LogP contribution in [0.15, 0.2) is 54.7 Å². The summed E-state index contributed by atoms with van der Waals surface area (Å²) in [6.45, 7) is 2.97. The molecule has 1 saturated heterocycles. The van der Waals surface area contributed by atoms with Crippen molar-refractivity contribution in [3.05, 3.63) is 76.0 Å². The fourth-order valence-corrected chi connectivity index (χ4v) is 4.25. The number of hydrogen-bond acceptors (Lipinski definition) is 10. The lowest BCUT2D eigenvalue weighted by Crippen LogP contribution is -2.32. The van der Waals surface area contributed by atoms with Gasteiger partial charge in [0.2, 0.25) is 17.7 Å². The maximum Gasteiger partial charge on any atom is 0.273 e. The Kier molecular flexibility index (Phi) is 11.7. The molecular formula is C30H36N6O7. The van der Waals surface area contributed by atoms with Gasteiger partial charge in [0.1, 0.15) is 5.75 Å². The quantitative estimate of drug-likeness (QED) is 0.117. The molecule has 2 heterocycles. The van der Waals surface area contributed by atoms with Crippen molar-refractivity contribution in [3.8, 4) is 11.6 Å². The van der Waals surface area contributed by atoms with Crippen molar-refractivity contribution in [3.63, 3.8) is 0 Å². The molecular weight excluding hydrogens is 556 g/mol. The van der Waals surface area contributed by atoms with Crippen molar-refractivity contribution < 1.29 is 28.8 Å². The van der Waals surface area contributed by atoms with Gasteiger partial charge in [0, 0.05) is 55.1 Å². The zero-order chi connectivity index (χ0) is 30.4. The number of unbranched alkanes of at least 4 members (excludes halogenated alkanes) is 3. The number of non-ortho nitro benzene ring substituents is 1. The van der Waals surface area contributed by atoms with Crippen molar-refractivity contribution in [1.29, 1.82) is 0 Å². The van der Waals surface area contributed by atoms with Gasteiger partial charge in [-0.1, -0.05) is 18.9 Å². The van der Waals surface area contributed by atoms with Gasteiger partial charge in [0.15, 0.2) is 6.29 Å². The van der Waals surface area contributed by atoms with E-state index in [0.717, 1.165) is 44.9 Å². The second-order valence-corrected chi connectivity index (χ2v) is 10.1. The van der Waals surface area contributed by atoms with Gasteiger partial charge in [-0.05, 0) is 62.9 Å². The molecule has 4 rings (SSSR count). The second kappa shape index (κ2) is 16.1. The summed E-state index contributed by atoms with van der Waals surface area (Å²) in [5, 5.41) is 17.0. The van der Waals surface area contributed by atoms with Crippen LogP contribution in [0.3, 0.4) is 0 Å². The van der Waals surface area contributed by atoms with E-state index in [1.807, 2.05) is 0 Å². The third-order valence-corrected chi connectivity index (χ3v) is 6.63. The van der Waals surface area contributed by atoms with Gasteiger partial charge in [0.25, 0.3) is 11.6 Å². The predicted octanol–water partition coefficient (Wildman–Crippen LogP) is 5.48. The van der Waals surface area contributed by atoms with E-state index in [4.69, 9.17) is 14.3 Å². The largest absolute Gasteiger partial charge is 0.438 e. The molecule has 43 heavy (non-hydrogen) atoms. The van der Waals surface area contributed by atoms with Crippen LogP contribution >= 0.6 is 0 Å². The minimum absolute atomic E-state index is 0.0833. The summed E-state index contributed by atoms with van der Waals surface area (Å²) in [5.74, 6) is 0.495. The molecule has 1 aliphatic heterocycles. The van der Waals surface area contributed by atoms with E-state index in [-0.39, 0.29) is 41.4 Å². The number of nitrogens with one attached hydrogen (secondary N) is 3. The van der Waals surface area contributed by atoms with Crippen LogP contribution in [0.25, 0.3) is 0 Å². The Bertz CT molecular complexity index is 1380. The van der Waals surface area contributed by atoms with Crippen LogP contribution in [0.4, 0.5) is 17.3 Å². The number of aryl methyl sites for hydroxylation is 1. The number of nitro benzene ring substituents is 1. The van der Waals surface area contributed by atoms with Crippen LogP contribution in [-0.2, 0) is 14.4 Å². The molecule has 3 N–H and O–H groups in total. The molecule has 1 unspecified atom stereocenters. The fraction of sp³-hybridized carbons (Fsp3) is 0.400. The topological polar surface area (TPSA) is 167 Å². The molecule has 1 aliphatic rings. The minimum atomic E-state index is -0.493. The summed E-state index contributed by atoms with van der Waals surface area (Å²) >= 11 is 0. The van der Waals surface area contributed by atoms with Gasteiger partial charge < -0.3 is 20.1 Å². The van der Waals surface area contributed by atoms with Gasteiger partial charge in [0.05, 0.1) is 11.0 Å². The molecule has 1 aromatic heterocycles. The zero-order valence-electron chi connectivity index (χ0n) is 24.0.